The minimum atomic E-state index is -0.730. The number of hydrogen-bond acceptors (Lipinski definition) is 3. The molecule has 27 heavy (non-hydrogen) atoms. The quantitative estimate of drug-likeness (QED) is 0.536. The van der Waals surface area contributed by atoms with Gasteiger partial charge in [-0.3, -0.25) is 9.79 Å². The van der Waals surface area contributed by atoms with Crippen LogP contribution in [0.25, 0.3) is 17.5 Å². The van der Waals surface area contributed by atoms with Crippen molar-refractivity contribution in [3.05, 3.63) is 47.9 Å². The van der Waals surface area contributed by atoms with Crippen LogP contribution in [0.2, 0.25) is 0 Å². The summed E-state index contributed by atoms with van der Waals surface area (Å²) in [7, 11) is 1.65. The molecule has 0 aliphatic carbocycles. The van der Waals surface area contributed by atoms with Gasteiger partial charge in [-0.05, 0) is 49.6 Å². The highest BCUT2D eigenvalue weighted by molar-refractivity contribution is 5.99. The van der Waals surface area contributed by atoms with Gasteiger partial charge in [0.2, 0.25) is 0 Å². The molecule has 0 bridgehead atoms. The number of carboxylic acid groups (broad SMARTS) is 1. The van der Waals surface area contributed by atoms with Crippen molar-refractivity contribution < 1.29 is 14.6 Å². The molecule has 0 saturated heterocycles. The van der Waals surface area contributed by atoms with Gasteiger partial charge < -0.3 is 19.8 Å². The van der Waals surface area contributed by atoms with Crippen LogP contribution in [0.5, 0.6) is 5.75 Å². The standard InChI is InChI=1S/C20H23N3O3.ClH/c1-26-19-13-17(16-7-5-11-21-16)23-18(19)12-15-10-9-14(22-15)6-3-2-4-8-20(24)25;/h5,7,9-13,21,23H,2-4,6,8H2,1H3,(H,24,25);1H. The molecule has 2 aromatic heterocycles. The number of carboxylic acids is 1. The monoisotopic (exact) mass is 389 g/mol. The Bertz CT molecular complexity index is 848. The summed E-state index contributed by atoms with van der Waals surface area (Å²) < 4.78 is 5.46. The minimum Gasteiger partial charge on any atom is -0.494 e. The first-order valence-corrected chi connectivity index (χ1v) is 8.75. The number of nitrogens with zero attached hydrogens (tertiary/aromatic N) is 1. The van der Waals surface area contributed by atoms with Gasteiger partial charge in [-0.15, -0.1) is 12.4 Å². The molecule has 0 fully saturated rings. The number of halogens is 1. The Hall–Kier alpha value is -2.73. The molecule has 0 radical (unpaired) electrons. The number of hydrogen-bond donors (Lipinski definition) is 3. The lowest BCUT2D eigenvalue weighted by Gasteiger charge is -1.99. The largest absolute Gasteiger partial charge is 0.494 e. The van der Waals surface area contributed by atoms with Gasteiger partial charge in [0, 0.05) is 24.4 Å². The van der Waals surface area contributed by atoms with E-state index in [1.807, 2.05) is 42.6 Å². The molecule has 0 aromatic carbocycles. The number of aliphatic imine (C=N–C) groups is 1. The summed E-state index contributed by atoms with van der Waals surface area (Å²) in [6, 6.07) is 5.91. The molecular weight excluding hydrogens is 366 g/mol. The number of H-pyrrole nitrogens is 2. The van der Waals surface area contributed by atoms with E-state index in [0.29, 0.717) is 0 Å². The van der Waals surface area contributed by atoms with Crippen LogP contribution in [0.15, 0.2) is 47.2 Å². The van der Waals surface area contributed by atoms with Gasteiger partial charge in [-0.1, -0.05) is 6.42 Å². The second-order valence-corrected chi connectivity index (χ2v) is 6.21. The van der Waals surface area contributed by atoms with Crippen molar-refractivity contribution in [3.8, 4) is 17.1 Å². The Labute approximate surface area is 164 Å². The Balaban J connectivity index is 0.00000261. The number of rotatable bonds is 9. The van der Waals surface area contributed by atoms with Gasteiger partial charge in [-0.2, -0.15) is 0 Å². The molecule has 0 amide bonds. The Morgan fingerprint density at radius 3 is 2.81 bits per heavy atom. The van der Waals surface area contributed by atoms with Gasteiger partial charge >= 0.3 is 5.97 Å². The topological polar surface area (TPSA) is 90.5 Å². The molecule has 0 unspecified atom stereocenters. The van der Waals surface area contributed by atoms with Crippen molar-refractivity contribution >= 4 is 30.2 Å². The summed E-state index contributed by atoms with van der Waals surface area (Å²) in [4.78, 5) is 21.7. The number of aliphatic carboxylic acids is 1. The predicted octanol–water partition coefficient (Wildman–Crippen LogP) is 4.83. The van der Waals surface area contributed by atoms with Crippen LogP contribution in [0.3, 0.4) is 0 Å². The molecule has 7 heteroatoms. The van der Waals surface area contributed by atoms with Gasteiger partial charge in [-0.25, -0.2) is 0 Å². The van der Waals surface area contributed by atoms with E-state index in [0.717, 1.165) is 59.9 Å². The maximum atomic E-state index is 10.5. The molecule has 6 nitrogen and oxygen atoms in total. The predicted molar refractivity (Wildman–Crippen MR) is 110 cm³/mol. The van der Waals surface area contributed by atoms with Crippen LogP contribution in [0.4, 0.5) is 0 Å². The van der Waals surface area contributed by atoms with Crippen LogP contribution >= 0.6 is 12.4 Å². The highest BCUT2D eigenvalue weighted by Gasteiger charge is 2.11. The van der Waals surface area contributed by atoms with Crippen molar-refractivity contribution in [1.29, 1.82) is 0 Å². The van der Waals surface area contributed by atoms with E-state index in [4.69, 9.17) is 9.84 Å². The first-order chi connectivity index (χ1) is 12.7. The molecule has 2 aromatic rings. The molecule has 1 aliphatic heterocycles. The third-order valence-electron chi connectivity index (χ3n) is 4.25. The molecule has 144 valence electrons. The van der Waals surface area contributed by atoms with Crippen LogP contribution in [0.1, 0.15) is 37.8 Å². The van der Waals surface area contributed by atoms with E-state index in [2.05, 4.69) is 15.0 Å². The molecular formula is C20H24ClN3O3. The van der Waals surface area contributed by atoms with Crippen molar-refractivity contribution in [2.45, 2.75) is 32.1 Å². The third kappa shape index (κ3) is 5.62. The Morgan fingerprint density at radius 2 is 2.11 bits per heavy atom. The molecule has 0 saturated carbocycles. The SMILES string of the molecule is COc1cc(-c2ccc[nH]2)[nH]c1C=C1C=CC(CCCCCC(=O)O)=N1.Cl. The molecule has 3 N–H and O–H groups in total. The third-order valence-corrected chi connectivity index (χ3v) is 4.25. The maximum Gasteiger partial charge on any atom is 0.303 e. The number of allylic oxidation sites excluding steroid dienone is 2. The van der Waals surface area contributed by atoms with Crippen molar-refractivity contribution in [3.63, 3.8) is 0 Å². The average Bonchev–Trinajstić information content (AvgIpc) is 3.35. The normalized spacial score (nSPS) is 14.3. The molecule has 3 rings (SSSR count). The zero-order valence-corrected chi connectivity index (χ0v) is 16.0. The maximum absolute atomic E-state index is 10.5. The molecule has 3 heterocycles. The zero-order chi connectivity index (χ0) is 18.4. The van der Waals surface area contributed by atoms with Gasteiger partial charge in [0.1, 0.15) is 5.75 Å². The van der Waals surface area contributed by atoms with Crippen molar-refractivity contribution in [2.75, 3.05) is 7.11 Å². The van der Waals surface area contributed by atoms with E-state index in [-0.39, 0.29) is 18.8 Å². The zero-order valence-electron chi connectivity index (χ0n) is 15.2. The molecule has 0 spiro atoms. The van der Waals surface area contributed by atoms with Gasteiger partial charge in [0.15, 0.2) is 0 Å². The number of unbranched alkanes of at least 4 members (excludes halogenated alkanes) is 2. The first-order valence-electron chi connectivity index (χ1n) is 8.75. The average molecular weight is 390 g/mol. The summed E-state index contributed by atoms with van der Waals surface area (Å²) >= 11 is 0. The fourth-order valence-electron chi connectivity index (χ4n) is 2.92. The number of aromatic amines is 2. The number of aromatic nitrogens is 2. The van der Waals surface area contributed by atoms with Crippen LogP contribution in [-0.2, 0) is 4.79 Å². The lowest BCUT2D eigenvalue weighted by Crippen LogP contribution is -1.95. The van der Waals surface area contributed by atoms with E-state index < -0.39 is 5.97 Å². The van der Waals surface area contributed by atoms with Gasteiger partial charge in [0.05, 0.1) is 29.9 Å². The number of ether oxygens (including phenoxy) is 1. The Morgan fingerprint density at radius 1 is 1.26 bits per heavy atom. The number of carbonyl (C=O) groups is 1. The van der Waals surface area contributed by atoms with Crippen LogP contribution in [-0.4, -0.2) is 33.9 Å². The fraction of sp³-hybridized carbons (Fsp3) is 0.300. The molecule has 0 atom stereocenters. The van der Waals surface area contributed by atoms with E-state index in [9.17, 15) is 4.79 Å². The van der Waals surface area contributed by atoms with Crippen molar-refractivity contribution in [2.24, 2.45) is 4.99 Å². The lowest BCUT2D eigenvalue weighted by molar-refractivity contribution is -0.137. The smallest absolute Gasteiger partial charge is 0.303 e. The van der Waals surface area contributed by atoms with E-state index in [1.165, 1.54) is 0 Å². The molecule has 1 aliphatic rings. The summed E-state index contributed by atoms with van der Waals surface area (Å²) in [6.07, 6.45) is 11.5. The van der Waals surface area contributed by atoms with Crippen molar-refractivity contribution in [1.82, 2.24) is 9.97 Å². The second-order valence-electron chi connectivity index (χ2n) is 6.21. The summed E-state index contributed by atoms with van der Waals surface area (Å²) in [5, 5.41) is 8.65. The van der Waals surface area contributed by atoms with Crippen LogP contribution < -0.4 is 4.74 Å². The lowest BCUT2D eigenvalue weighted by atomic mass is 10.1. The second kappa shape index (κ2) is 9.83. The number of nitrogens with one attached hydrogen (secondary N) is 2. The summed E-state index contributed by atoms with van der Waals surface area (Å²) in [5.74, 6) is 0.0414. The Kier molecular flexibility index (Phi) is 7.49. The van der Waals surface area contributed by atoms with E-state index >= 15 is 0 Å². The summed E-state index contributed by atoms with van der Waals surface area (Å²) in [5.41, 5.74) is 4.75. The number of methoxy groups -OCH3 is 1. The highest BCUT2D eigenvalue weighted by Crippen LogP contribution is 2.29. The minimum absolute atomic E-state index is 0. The highest BCUT2D eigenvalue weighted by atomic mass is 35.5. The van der Waals surface area contributed by atoms with Crippen LogP contribution in [0, 0.1) is 0 Å². The fourth-order valence-corrected chi connectivity index (χ4v) is 2.92. The van der Waals surface area contributed by atoms with Gasteiger partial charge in [0.25, 0.3) is 0 Å². The first kappa shape index (κ1) is 20.6. The van der Waals surface area contributed by atoms with E-state index in [1.54, 1.807) is 7.11 Å². The summed E-state index contributed by atoms with van der Waals surface area (Å²) in [6.45, 7) is 0.